The summed E-state index contributed by atoms with van der Waals surface area (Å²) in [6.45, 7) is 0.295. The van der Waals surface area contributed by atoms with Crippen molar-refractivity contribution in [1.29, 1.82) is 0 Å². The summed E-state index contributed by atoms with van der Waals surface area (Å²) < 4.78 is 31.9. The van der Waals surface area contributed by atoms with Crippen LogP contribution in [-0.2, 0) is 11.3 Å². The molecule has 2 aromatic carbocycles. The number of hydrogen-bond donors (Lipinski definition) is 3. The van der Waals surface area contributed by atoms with E-state index in [2.05, 4.69) is 10.6 Å². The largest absolute Gasteiger partial charge is 0.491 e. The Morgan fingerprint density at radius 2 is 1.91 bits per heavy atom. The van der Waals surface area contributed by atoms with E-state index >= 15 is 0 Å². The number of fused-ring (bicyclic) bond motifs is 1. The van der Waals surface area contributed by atoms with Crippen molar-refractivity contribution in [2.24, 2.45) is 0 Å². The maximum absolute atomic E-state index is 13.4. The first-order valence-electron chi connectivity index (χ1n) is 6.49. The van der Waals surface area contributed by atoms with E-state index in [4.69, 9.17) is 4.65 Å². The second-order valence-electron chi connectivity index (χ2n) is 4.75. The van der Waals surface area contributed by atoms with Crippen LogP contribution in [0.3, 0.4) is 0 Å². The van der Waals surface area contributed by atoms with Crippen molar-refractivity contribution in [3.05, 3.63) is 53.6 Å². The minimum absolute atomic E-state index is 0.295. The number of hydrogen-bond acceptors (Lipinski definition) is 3. The molecule has 0 radical (unpaired) electrons. The fourth-order valence-electron chi connectivity index (χ4n) is 2.19. The van der Waals surface area contributed by atoms with Crippen LogP contribution in [0.25, 0.3) is 0 Å². The van der Waals surface area contributed by atoms with Gasteiger partial charge in [0.25, 0.3) is 0 Å². The highest BCUT2D eigenvalue weighted by molar-refractivity contribution is 6.61. The third-order valence-electron chi connectivity index (χ3n) is 3.27. The molecule has 1 aliphatic heterocycles. The van der Waals surface area contributed by atoms with E-state index in [0.717, 1.165) is 17.7 Å². The Bertz CT molecular complexity index is 722. The molecule has 0 bridgehead atoms. The van der Waals surface area contributed by atoms with Gasteiger partial charge < -0.3 is 20.3 Å². The molecular weight excluding hydrogens is 293 g/mol. The monoisotopic (exact) mass is 304 g/mol. The van der Waals surface area contributed by atoms with Crippen LogP contribution in [0, 0.1) is 11.6 Å². The molecular formula is C14H11BF2N2O3. The van der Waals surface area contributed by atoms with E-state index in [1.165, 1.54) is 6.07 Å². The van der Waals surface area contributed by atoms with Gasteiger partial charge in [-0.25, -0.2) is 13.6 Å². The minimum atomic E-state index is -1.04. The molecule has 112 valence electrons. The van der Waals surface area contributed by atoms with Crippen LogP contribution in [0.1, 0.15) is 5.56 Å². The average Bonchev–Trinajstić information content (AvgIpc) is 2.84. The number of carbonyl (C=O) groups is 1. The highest BCUT2D eigenvalue weighted by atomic mass is 19.1. The molecule has 3 N–H and O–H groups in total. The molecule has 2 aromatic rings. The molecule has 0 aromatic heterocycles. The lowest BCUT2D eigenvalue weighted by Crippen LogP contribution is -2.29. The fraction of sp³-hybridized carbons (Fsp3) is 0.0714. The van der Waals surface area contributed by atoms with Crippen LogP contribution >= 0.6 is 0 Å². The Hall–Kier alpha value is -2.45. The van der Waals surface area contributed by atoms with Crippen molar-refractivity contribution in [2.45, 2.75) is 6.61 Å². The smallest absolute Gasteiger partial charge is 0.423 e. The highest BCUT2D eigenvalue weighted by Gasteiger charge is 2.27. The van der Waals surface area contributed by atoms with Crippen molar-refractivity contribution < 1.29 is 23.3 Å². The zero-order valence-corrected chi connectivity index (χ0v) is 11.3. The van der Waals surface area contributed by atoms with E-state index in [1.54, 1.807) is 18.2 Å². The molecule has 8 heteroatoms. The van der Waals surface area contributed by atoms with E-state index in [-0.39, 0.29) is 0 Å². The van der Waals surface area contributed by atoms with E-state index < -0.39 is 30.5 Å². The van der Waals surface area contributed by atoms with Crippen LogP contribution in [0.15, 0.2) is 36.4 Å². The van der Waals surface area contributed by atoms with Gasteiger partial charge in [0, 0.05) is 5.69 Å². The normalized spacial score (nSPS) is 13.0. The first-order valence-corrected chi connectivity index (χ1v) is 6.49. The molecule has 0 unspecified atom stereocenters. The number of halogens is 2. The summed E-state index contributed by atoms with van der Waals surface area (Å²) in [6.07, 6.45) is 0. The van der Waals surface area contributed by atoms with Gasteiger partial charge in [0.15, 0.2) is 0 Å². The number of para-hydroxylation sites is 1. The van der Waals surface area contributed by atoms with Gasteiger partial charge in [-0.15, -0.1) is 0 Å². The molecule has 22 heavy (non-hydrogen) atoms. The lowest BCUT2D eigenvalue weighted by Gasteiger charge is -2.10. The standard InChI is InChI=1S/C14H11BF2N2O3/c16-11-2-1-3-12(17)13(11)19-14(20)18-9-5-4-8-7-22-15(21)10(8)6-9/h1-6,21H,7H2,(H2,18,19,20). The Kier molecular flexibility index (Phi) is 3.78. The van der Waals surface area contributed by atoms with Gasteiger partial charge in [-0.1, -0.05) is 12.1 Å². The molecule has 0 saturated heterocycles. The number of rotatable bonds is 2. The molecule has 0 spiro atoms. The first kappa shape index (κ1) is 14.5. The Morgan fingerprint density at radius 3 is 2.64 bits per heavy atom. The predicted molar refractivity (Wildman–Crippen MR) is 77.8 cm³/mol. The quantitative estimate of drug-likeness (QED) is 0.741. The maximum Gasteiger partial charge on any atom is 0.491 e. The van der Waals surface area contributed by atoms with Gasteiger partial charge in [-0.2, -0.15) is 0 Å². The number of amides is 2. The zero-order chi connectivity index (χ0) is 15.7. The van der Waals surface area contributed by atoms with Crippen LogP contribution in [0.4, 0.5) is 25.0 Å². The Balaban J connectivity index is 1.74. The topological polar surface area (TPSA) is 70.6 Å². The van der Waals surface area contributed by atoms with E-state index in [0.29, 0.717) is 17.8 Å². The van der Waals surface area contributed by atoms with Gasteiger partial charge in [-0.3, -0.25) is 0 Å². The van der Waals surface area contributed by atoms with Gasteiger partial charge in [-0.05, 0) is 35.3 Å². The third kappa shape index (κ3) is 2.79. The molecule has 0 fully saturated rings. The summed E-state index contributed by atoms with van der Waals surface area (Å²) in [5.41, 5.74) is 1.22. The zero-order valence-electron chi connectivity index (χ0n) is 11.3. The van der Waals surface area contributed by atoms with Crippen molar-refractivity contribution >= 4 is 30.0 Å². The van der Waals surface area contributed by atoms with Crippen molar-refractivity contribution in [3.8, 4) is 0 Å². The maximum atomic E-state index is 13.4. The molecule has 1 heterocycles. The number of benzene rings is 2. The lowest BCUT2D eigenvalue weighted by atomic mass is 9.79. The summed E-state index contributed by atoms with van der Waals surface area (Å²) in [7, 11) is -1.04. The molecule has 5 nitrogen and oxygen atoms in total. The first-order chi connectivity index (χ1) is 10.5. The lowest BCUT2D eigenvalue weighted by molar-refractivity contribution is 0.262. The van der Waals surface area contributed by atoms with Crippen molar-refractivity contribution in [2.75, 3.05) is 10.6 Å². The van der Waals surface area contributed by atoms with Crippen molar-refractivity contribution in [1.82, 2.24) is 0 Å². The van der Waals surface area contributed by atoms with Gasteiger partial charge >= 0.3 is 13.1 Å². The molecule has 0 saturated carbocycles. The molecule has 0 atom stereocenters. The van der Waals surface area contributed by atoms with Crippen LogP contribution in [-0.4, -0.2) is 18.2 Å². The third-order valence-corrected chi connectivity index (χ3v) is 3.27. The summed E-state index contributed by atoms with van der Waals surface area (Å²) in [6, 6.07) is 7.35. The van der Waals surface area contributed by atoms with E-state index in [1.807, 2.05) is 0 Å². The van der Waals surface area contributed by atoms with Crippen LogP contribution in [0.2, 0.25) is 0 Å². The Labute approximate surface area is 125 Å². The minimum Gasteiger partial charge on any atom is -0.423 e. The second-order valence-corrected chi connectivity index (χ2v) is 4.75. The molecule has 3 rings (SSSR count). The van der Waals surface area contributed by atoms with Gasteiger partial charge in [0.1, 0.15) is 17.3 Å². The second kappa shape index (κ2) is 5.74. The summed E-state index contributed by atoms with van der Waals surface area (Å²) in [5, 5.41) is 14.2. The summed E-state index contributed by atoms with van der Waals surface area (Å²) in [5.74, 6) is -1.74. The predicted octanol–water partition coefficient (Wildman–Crippen LogP) is 1.83. The SMILES string of the molecule is O=C(Nc1ccc2c(c1)B(O)OC2)Nc1c(F)cccc1F. The average molecular weight is 304 g/mol. The highest BCUT2D eigenvalue weighted by Crippen LogP contribution is 2.19. The summed E-state index contributed by atoms with van der Waals surface area (Å²) >= 11 is 0. The number of carbonyl (C=O) groups excluding carboxylic acids is 1. The fourth-order valence-corrected chi connectivity index (χ4v) is 2.19. The number of nitrogens with one attached hydrogen (secondary N) is 2. The summed E-state index contributed by atoms with van der Waals surface area (Å²) in [4.78, 5) is 11.8. The Morgan fingerprint density at radius 1 is 1.18 bits per heavy atom. The number of urea groups is 1. The van der Waals surface area contributed by atoms with E-state index in [9.17, 15) is 18.6 Å². The molecule has 2 amide bonds. The van der Waals surface area contributed by atoms with Crippen LogP contribution in [0.5, 0.6) is 0 Å². The molecule has 0 aliphatic carbocycles. The van der Waals surface area contributed by atoms with Crippen molar-refractivity contribution in [3.63, 3.8) is 0 Å². The van der Waals surface area contributed by atoms with Crippen LogP contribution < -0.4 is 16.1 Å². The van der Waals surface area contributed by atoms with Gasteiger partial charge in [0.05, 0.1) is 6.61 Å². The molecule has 1 aliphatic rings. The number of anilines is 2. The van der Waals surface area contributed by atoms with Gasteiger partial charge in [0.2, 0.25) is 0 Å².